The van der Waals surface area contributed by atoms with Crippen molar-refractivity contribution >= 4 is 5.69 Å². The summed E-state index contributed by atoms with van der Waals surface area (Å²) in [6.45, 7) is 1.84. The predicted molar refractivity (Wildman–Crippen MR) is 59.4 cm³/mol. The molecule has 0 aliphatic rings. The average Bonchev–Trinajstić information content (AvgIpc) is 2.20. The highest BCUT2D eigenvalue weighted by atomic mass is 16.1. The summed E-state index contributed by atoms with van der Waals surface area (Å²) in [5.41, 5.74) is 8.65. The second-order valence-corrected chi connectivity index (χ2v) is 3.35. The zero-order valence-corrected chi connectivity index (χ0v) is 8.32. The van der Waals surface area contributed by atoms with Crippen molar-refractivity contribution in [2.24, 2.45) is 0 Å². The van der Waals surface area contributed by atoms with Crippen LogP contribution < -0.4 is 11.3 Å². The van der Waals surface area contributed by atoms with Gasteiger partial charge in [-0.05, 0) is 18.6 Å². The summed E-state index contributed by atoms with van der Waals surface area (Å²) in [4.78, 5) is 11.0. The van der Waals surface area contributed by atoms with Crippen LogP contribution in [0.25, 0.3) is 11.3 Å². The number of anilines is 1. The van der Waals surface area contributed by atoms with Crippen LogP contribution in [0.5, 0.6) is 0 Å². The van der Waals surface area contributed by atoms with Crippen molar-refractivity contribution in [1.29, 1.82) is 0 Å². The number of rotatable bonds is 1. The van der Waals surface area contributed by atoms with Crippen LogP contribution in [0.2, 0.25) is 0 Å². The minimum absolute atomic E-state index is 0.203. The first-order valence-electron chi connectivity index (χ1n) is 4.59. The molecule has 0 spiro atoms. The molecule has 0 aliphatic heterocycles. The maximum Gasteiger partial charge on any atom is 0.264 e. The van der Waals surface area contributed by atoms with Gasteiger partial charge in [0.05, 0.1) is 5.69 Å². The topological polar surface area (TPSA) is 71.8 Å². The Kier molecular flexibility index (Phi) is 2.25. The highest BCUT2D eigenvalue weighted by Crippen LogP contribution is 2.24. The van der Waals surface area contributed by atoms with Crippen LogP contribution in [0.4, 0.5) is 5.69 Å². The van der Waals surface area contributed by atoms with Crippen molar-refractivity contribution in [3.8, 4) is 11.3 Å². The number of hydrogen-bond acceptors (Lipinski definition) is 3. The molecule has 0 radical (unpaired) electrons. The molecule has 2 rings (SSSR count). The summed E-state index contributed by atoms with van der Waals surface area (Å²) in [5, 5.41) is 6.40. The summed E-state index contributed by atoms with van der Waals surface area (Å²) in [6.07, 6.45) is 0. The Bertz CT molecular complexity index is 546. The Morgan fingerprint density at radius 1 is 1.33 bits per heavy atom. The number of nitrogens with two attached hydrogens (primary N) is 1. The highest BCUT2D eigenvalue weighted by Gasteiger charge is 2.06. The van der Waals surface area contributed by atoms with Gasteiger partial charge < -0.3 is 5.73 Å². The van der Waals surface area contributed by atoms with E-state index in [1.54, 1.807) is 0 Å². The molecule has 2 aromatic rings. The van der Waals surface area contributed by atoms with Crippen molar-refractivity contribution < 1.29 is 0 Å². The van der Waals surface area contributed by atoms with E-state index in [1.807, 2.05) is 31.2 Å². The molecular formula is C11H11N3O. The Balaban J connectivity index is 2.65. The fourth-order valence-electron chi connectivity index (χ4n) is 1.48. The van der Waals surface area contributed by atoms with E-state index >= 15 is 0 Å². The van der Waals surface area contributed by atoms with Crippen molar-refractivity contribution in [3.63, 3.8) is 0 Å². The van der Waals surface area contributed by atoms with Gasteiger partial charge in [-0.25, -0.2) is 5.10 Å². The van der Waals surface area contributed by atoms with E-state index in [-0.39, 0.29) is 5.56 Å². The van der Waals surface area contributed by atoms with Gasteiger partial charge in [-0.15, -0.1) is 0 Å². The molecule has 15 heavy (non-hydrogen) atoms. The van der Waals surface area contributed by atoms with E-state index in [2.05, 4.69) is 10.2 Å². The molecule has 1 aromatic heterocycles. The van der Waals surface area contributed by atoms with E-state index in [0.717, 1.165) is 11.1 Å². The summed E-state index contributed by atoms with van der Waals surface area (Å²) in [7, 11) is 0. The fraction of sp³-hybridized carbons (Fsp3) is 0.0909. The van der Waals surface area contributed by atoms with Crippen molar-refractivity contribution in [2.45, 2.75) is 6.92 Å². The van der Waals surface area contributed by atoms with E-state index in [1.165, 1.54) is 6.07 Å². The molecule has 0 atom stereocenters. The first kappa shape index (κ1) is 9.45. The number of para-hydroxylation sites is 1. The second-order valence-electron chi connectivity index (χ2n) is 3.35. The van der Waals surface area contributed by atoms with Gasteiger partial charge in [0.15, 0.2) is 0 Å². The molecule has 0 saturated heterocycles. The van der Waals surface area contributed by atoms with Crippen LogP contribution in [-0.4, -0.2) is 10.2 Å². The molecule has 0 fully saturated rings. The van der Waals surface area contributed by atoms with Gasteiger partial charge >= 0.3 is 0 Å². The summed E-state index contributed by atoms with van der Waals surface area (Å²) in [6, 6.07) is 8.94. The van der Waals surface area contributed by atoms with Crippen LogP contribution in [-0.2, 0) is 0 Å². The molecule has 1 aromatic carbocycles. The van der Waals surface area contributed by atoms with Gasteiger partial charge in [0.1, 0.15) is 0 Å². The third-order valence-corrected chi connectivity index (χ3v) is 2.21. The maximum absolute atomic E-state index is 11.0. The Morgan fingerprint density at radius 3 is 2.73 bits per heavy atom. The van der Waals surface area contributed by atoms with Crippen LogP contribution in [0.1, 0.15) is 5.56 Å². The van der Waals surface area contributed by atoms with Crippen molar-refractivity contribution in [2.75, 3.05) is 5.73 Å². The minimum Gasteiger partial charge on any atom is -0.398 e. The van der Waals surface area contributed by atoms with Gasteiger partial charge in [-0.3, -0.25) is 4.79 Å². The summed E-state index contributed by atoms with van der Waals surface area (Å²) in [5.74, 6) is 0. The molecule has 1 heterocycles. The number of benzene rings is 1. The molecule has 0 saturated carbocycles. The van der Waals surface area contributed by atoms with E-state index < -0.39 is 0 Å². The minimum atomic E-state index is -0.203. The number of aryl methyl sites for hydroxylation is 1. The Hall–Kier alpha value is -2.10. The van der Waals surface area contributed by atoms with E-state index in [4.69, 9.17) is 5.73 Å². The number of hydrogen-bond donors (Lipinski definition) is 2. The van der Waals surface area contributed by atoms with Crippen molar-refractivity contribution in [1.82, 2.24) is 10.2 Å². The van der Waals surface area contributed by atoms with E-state index in [0.29, 0.717) is 11.4 Å². The quantitative estimate of drug-likeness (QED) is 0.683. The standard InChI is InChI=1S/C11H11N3O/c1-7-6-10(15)13-14-11(7)8-4-2-3-5-9(8)12/h2-6H,12H2,1H3,(H,13,15). The zero-order valence-electron chi connectivity index (χ0n) is 8.32. The Labute approximate surface area is 86.8 Å². The van der Waals surface area contributed by atoms with E-state index in [9.17, 15) is 4.79 Å². The Morgan fingerprint density at radius 2 is 2.07 bits per heavy atom. The van der Waals surface area contributed by atoms with Crippen LogP contribution in [0.15, 0.2) is 35.1 Å². The number of H-pyrrole nitrogens is 1. The first-order valence-corrected chi connectivity index (χ1v) is 4.59. The lowest BCUT2D eigenvalue weighted by molar-refractivity contribution is 0.981. The number of nitrogens with zero attached hydrogens (tertiary/aromatic N) is 1. The number of nitrogen functional groups attached to an aromatic ring is 1. The first-order chi connectivity index (χ1) is 7.18. The normalized spacial score (nSPS) is 10.2. The second kappa shape index (κ2) is 3.57. The van der Waals surface area contributed by atoms with Crippen LogP contribution >= 0.6 is 0 Å². The van der Waals surface area contributed by atoms with Crippen LogP contribution in [0.3, 0.4) is 0 Å². The van der Waals surface area contributed by atoms with Gasteiger partial charge in [0.25, 0.3) is 5.56 Å². The fourth-order valence-corrected chi connectivity index (χ4v) is 1.48. The lowest BCUT2D eigenvalue weighted by atomic mass is 10.1. The smallest absolute Gasteiger partial charge is 0.264 e. The van der Waals surface area contributed by atoms with Gasteiger partial charge in [-0.2, -0.15) is 5.10 Å². The lowest BCUT2D eigenvalue weighted by Crippen LogP contribution is -2.09. The maximum atomic E-state index is 11.0. The average molecular weight is 201 g/mol. The van der Waals surface area contributed by atoms with Gasteiger partial charge in [0.2, 0.25) is 0 Å². The number of aromatic nitrogens is 2. The molecule has 0 aliphatic carbocycles. The number of nitrogens with one attached hydrogen (secondary N) is 1. The highest BCUT2D eigenvalue weighted by molar-refractivity contribution is 5.75. The molecule has 76 valence electrons. The third-order valence-electron chi connectivity index (χ3n) is 2.21. The molecule has 4 heteroatoms. The monoisotopic (exact) mass is 201 g/mol. The molecule has 3 N–H and O–H groups in total. The zero-order chi connectivity index (χ0) is 10.8. The van der Waals surface area contributed by atoms with Gasteiger partial charge in [0, 0.05) is 17.3 Å². The molecule has 0 unspecified atom stereocenters. The SMILES string of the molecule is Cc1cc(=O)[nH]nc1-c1ccccc1N. The van der Waals surface area contributed by atoms with Crippen LogP contribution in [0, 0.1) is 6.92 Å². The van der Waals surface area contributed by atoms with Gasteiger partial charge in [-0.1, -0.05) is 18.2 Å². The lowest BCUT2D eigenvalue weighted by Gasteiger charge is -2.06. The predicted octanol–water partition coefficient (Wildman–Crippen LogP) is 1.33. The molecule has 0 bridgehead atoms. The third kappa shape index (κ3) is 1.74. The van der Waals surface area contributed by atoms with Crippen molar-refractivity contribution in [3.05, 3.63) is 46.2 Å². The molecule has 4 nitrogen and oxygen atoms in total. The number of aromatic amines is 1. The summed E-state index contributed by atoms with van der Waals surface area (Å²) < 4.78 is 0. The molecular weight excluding hydrogens is 190 g/mol. The summed E-state index contributed by atoms with van der Waals surface area (Å²) >= 11 is 0. The largest absolute Gasteiger partial charge is 0.398 e. The molecule has 0 amide bonds.